The summed E-state index contributed by atoms with van der Waals surface area (Å²) in [5, 5.41) is 6.01. The first-order chi connectivity index (χ1) is 7.63. The molecule has 0 saturated heterocycles. The minimum Gasteiger partial charge on any atom is -0.388 e. The molecule has 0 aromatic heterocycles. The third kappa shape index (κ3) is 2.54. The second kappa shape index (κ2) is 4.16. The Morgan fingerprint density at radius 1 is 1.31 bits per heavy atom. The van der Waals surface area contributed by atoms with Crippen molar-refractivity contribution in [3.05, 3.63) is 29.8 Å². The van der Waals surface area contributed by atoms with Crippen molar-refractivity contribution in [2.24, 2.45) is 5.41 Å². The molecule has 0 spiro atoms. The van der Waals surface area contributed by atoms with E-state index in [1.807, 2.05) is 31.3 Å². The Balaban J connectivity index is 1.92. The van der Waals surface area contributed by atoms with Crippen molar-refractivity contribution in [2.75, 3.05) is 18.9 Å². The molecule has 1 aliphatic rings. The van der Waals surface area contributed by atoms with Crippen LogP contribution >= 0.6 is 0 Å². The van der Waals surface area contributed by atoms with Crippen molar-refractivity contribution in [2.45, 2.75) is 19.8 Å². The predicted octanol–water partition coefficient (Wildman–Crippen LogP) is 2.26. The standard InChI is InChI=1S/C13H18N2O/c1-13(7-8-13)9-15-12(16)10-3-5-11(14-2)6-4-10/h3-6,14H,7-9H2,1-2H3,(H,15,16). The lowest BCUT2D eigenvalue weighted by atomic mass is 10.1. The summed E-state index contributed by atoms with van der Waals surface area (Å²) in [6, 6.07) is 7.51. The van der Waals surface area contributed by atoms with E-state index in [0.717, 1.165) is 17.8 Å². The van der Waals surface area contributed by atoms with Crippen molar-refractivity contribution < 1.29 is 4.79 Å². The highest BCUT2D eigenvalue weighted by Gasteiger charge is 2.37. The molecule has 1 amide bonds. The molecule has 2 N–H and O–H groups in total. The average molecular weight is 218 g/mol. The number of hydrogen-bond acceptors (Lipinski definition) is 2. The van der Waals surface area contributed by atoms with Gasteiger partial charge in [0, 0.05) is 24.8 Å². The van der Waals surface area contributed by atoms with E-state index in [1.165, 1.54) is 12.8 Å². The zero-order chi connectivity index (χ0) is 11.6. The van der Waals surface area contributed by atoms with Gasteiger partial charge < -0.3 is 10.6 Å². The molecule has 0 unspecified atom stereocenters. The van der Waals surface area contributed by atoms with E-state index in [1.54, 1.807) is 0 Å². The molecule has 16 heavy (non-hydrogen) atoms. The summed E-state index contributed by atoms with van der Waals surface area (Å²) in [7, 11) is 1.86. The monoisotopic (exact) mass is 218 g/mol. The van der Waals surface area contributed by atoms with E-state index in [4.69, 9.17) is 0 Å². The summed E-state index contributed by atoms with van der Waals surface area (Å²) in [4.78, 5) is 11.8. The lowest BCUT2D eigenvalue weighted by Gasteiger charge is -2.10. The van der Waals surface area contributed by atoms with E-state index >= 15 is 0 Å². The number of benzene rings is 1. The molecule has 3 heteroatoms. The molecule has 1 aromatic rings. The molecule has 2 rings (SSSR count). The first kappa shape index (κ1) is 11.0. The second-order valence-electron chi connectivity index (χ2n) is 4.82. The Bertz CT molecular complexity index is 379. The van der Waals surface area contributed by atoms with E-state index in [0.29, 0.717) is 5.41 Å². The molecular formula is C13H18N2O. The van der Waals surface area contributed by atoms with E-state index in [2.05, 4.69) is 17.6 Å². The number of anilines is 1. The smallest absolute Gasteiger partial charge is 0.251 e. The molecule has 0 aliphatic heterocycles. The summed E-state index contributed by atoms with van der Waals surface area (Å²) in [6.07, 6.45) is 2.46. The fourth-order valence-corrected chi connectivity index (χ4v) is 1.57. The van der Waals surface area contributed by atoms with Crippen LogP contribution in [0.5, 0.6) is 0 Å². The molecule has 3 nitrogen and oxygen atoms in total. The van der Waals surface area contributed by atoms with Crippen molar-refractivity contribution in [1.82, 2.24) is 5.32 Å². The molecule has 1 fully saturated rings. The van der Waals surface area contributed by atoms with Crippen LogP contribution in [0, 0.1) is 5.41 Å². The van der Waals surface area contributed by atoms with Gasteiger partial charge in [-0.15, -0.1) is 0 Å². The highest BCUT2D eigenvalue weighted by atomic mass is 16.1. The molecular weight excluding hydrogens is 200 g/mol. The molecule has 1 aromatic carbocycles. The zero-order valence-electron chi connectivity index (χ0n) is 9.84. The van der Waals surface area contributed by atoms with Crippen LogP contribution in [0.3, 0.4) is 0 Å². The van der Waals surface area contributed by atoms with Gasteiger partial charge in [0.2, 0.25) is 0 Å². The number of carbonyl (C=O) groups is 1. The quantitative estimate of drug-likeness (QED) is 0.814. The number of hydrogen-bond donors (Lipinski definition) is 2. The third-order valence-electron chi connectivity index (χ3n) is 3.22. The maximum Gasteiger partial charge on any atom is 0.251 e. The topological polar surface area (TPSA) is 41.1 Å². The van der Waals surface area contributed by atoms with E-state index in [9.17, 15) is 4.79 Å². The number of rotatable bonds is 4. The maximum absolute atomic E-state index is 11.8. The van der Waals surface area contributed by atoms with Gasteiger partial charge in [0.15, 0.2) is 0 Å². The maximum atomic E-state index is 11.8. The van der Waals surface area contributed by atoms with Crippen LogP contribution in [0.15, 0.2) is 24.3 Å². The number of amides is 1. The summed E-state index contributed by atoms with van der Waals surface area (Å²) >= 11 is 0. The van der Waals surface area contributed by atoms with Crippen molar-refractivity contribution in [1.29, 1.82) is 0 Å². The number of nitrogens with one attached hydrogen (secondary N) is 2. The first-order valence-corrected chi connectivity index (χ1v) is 5.69. The van der Waals surface area contributed by atoms with Crippen LogP contribution in [0.25, 0.3) is 0 Å². The second-order valence-corrected chi connectivity index (χ2v) is 4.82. The molecule has 0 atom stereocenters. The molecule has 0 radical (unpaired) electrons. The van der Waals surface area contributed by atoms with Crippen LogP contribution in [0.2, 0.25) is 0 Å². The van der Waals surface area contributed by atoms with Crippen LogP contribution < -0.4 is 10.6 Å². The lowest BCUT2D eigenvalue weighted by Crippen LogP contribution is -2.28. The SMILES string of the molecule is CNc1ccc(C(=O)NCC2(C)CC2)cc1. The largest absolute Gasteiger partial charge is 0.388 e. The van der Waals surface area contributed by atoms with Gasteiger partial charge >= 0.3 is 0 Å². The van der Waals surface area contributed by atoms with Crippen LogP contribution in [0.4, 0.5) is 5.69 Å². The summed E-state index contributed by atoms with van der Waals surface area (Å²) in [6.45, 7) is 3.00. The normalized spacial score (nSPS) is 16.6. The first-order valence-electron chi connectivity index (χ1n) is 5.69. The van der Waals surface area contributed by atoms with Crippen molar-refractivity contribution in [3.63, 3.8) is 0 Å². The van der Waals surface area contributed by atoms with Gasteiger partial charge in [-0.2, -0.15) is 0 Å². The average Bonchev–Trinajstić information content (AvgIpc) is 3.05. The van der Waals surface area contributed by atoms with Gasteiger partial charge in [0.1, 0.15) is 0 Å². The van der Waals surface area contributed by atoms with E-state index < -0.39 is 0 Å². The minimum absolute atomic E-state index is 0.0239. The Hall–Kier alpha value is -1.51. The highest BCUT2D eigenvalue weighted by Crippen LogP contribution is 2.44. The Morgan fingerprint density at radius 3 is 2.44 bits per heavy atom. The minimum atomic E-state index is 0.0239. The molecule has 1 saturated carbocycles. The fraction of sp³-hybridized carbons (Fsp3) is 0.462. The molecule has 0 heterocycles. The Kier molecular flexibility index (Phi) is 2.86. The molecule has 1 aliphatic carbocycles. The summed E-state index contributed by atoms with van der Waals surface area (Å²) in [5.41, 5.74) is 2.11. The Labute approximate surface area is 96.2 Å². The number of carbonyl (C=O) groups excluding carboxylic acids is 1. The zero-order valence-corrected chi connectivity index (χ0v) is 9.84. The van der Waals surface area contributed by atoms with Gasteiger partial charge in [0.25, 0.3) is 5.91 Å². The summed E-state index contributed by atoms with van der Waals surface area (Å²) in [5.74, 6) is 0.0239. The summed E-state index contributed by atoms with van der Waals surface area (Å²) < 4.78 is 0. The highest BCUT2D eigenvalue weighted by molar-refractivity contribution is 5.94. The molecule has 0 bridgehead atoms. The third-order valence-corrected chi connectivity index (χ3v) is 3.22. The van der Waals surface area contributed by atoms with Gasteiger partial charge in [-0.25, -0.2) is 0 Å². The van der Waals surface area contributed by atoms with Gasteiger partial charge in [-0.1, -0.05) is 6.92 Å². The predicted molar refractivity (Wildman–Crippen MR) is 65.7 cm³/mol. The lowest BCUT2D eigenvalue weighted by molar-refractivity contribution is 0.0946. The van der Waals surface area contributed by atoms with Gasteiger partial charge in [-0.05, 0) is 42.5 Å². The van der Waals surface area contributed by atoms with E-state index in [-0.39, 0.29) is 5.91 Å². The van der Waals surface area contributed by atoms with Crippen LogP contribution in [0.1, 0.15) is 30.1 Å². The fourth-order valence-electron chi connectivity index (χ4n) is 1.57. The Morgan fingerprint density at radius 2 is 1.94 bits per heavy atom. The van der Waals surface area contributed by atoms with Gasteiger partial charge in [0.05, 0.1) is 0 Å². The van der Waals surface area contributed by atoms with Crippen molar-refractivity contribution in [3.8, 4) is 0 Å². The van der Waals surface area contributed by atoms with Crippen molar-refractivity contribution >= 4 is 11.6 Å². The molecule has 86 valence electrons. The van der Waals surface area contributed by atoms with Crippen LogP contribution in [-0.4, -0.2) is 19.5 Å². The van der Waals surface area contributed by atoms with Crippen LogP contribution in [-0.2, 0) is 0 Å². The van der Waals surface area contributed by atoms with Gasteiger partial charge in [-0.3, -0.25) is 4.79 Å².